The van der Waals surface area contributed by atoms with Crippen molar-refractivity contribution in [2.75, 3.05) is 34.9 Å². The third-order valence-electron chi connectivity index (χ3n) is 7.73. The first-order valence-electron chi connectivity index (χ1n) is 15.0. The molecule has 14 nitrogen and oxygen atoms in total. The van der Waals surface area contributed by atoms with Crippen molar-refractivity contribution in [2.45, 2.75) is 23.6 Å². The number of carbonyl (C=O) groups is 4. The molecule has 0 aliphatic carbocycles. The van der Waals surface area contributed by atoms with E-state index in [0.29, 0.717) is 8.61 Å². The molecule has 16 heteroatoms. The van der Waals surface area contributed by atoms with Crippen LogP contribution in [0, 0.1) is 13.8 Å². The number of carboxylic acids is 2. The fraction of sp³-hybridized carbons (Fsp3) is 0.176. The molecule has 0 atom stereocenters. The number of hydrogen-bond acceptors (Lipinski definition) is 9. The maximum Gasteiger partial charge on any atom is 0.324 e. The summed E-state index contributed by atoms with van der Waals surface area (Å²) in [5.41, 5.74) is 1.27. The van der Waals surface area contributed by atoms with Crippen LogP contribution in [0.15, 0.2) is 101 Å². The summed E-state index contributed by atoms with van der Waals surface area (Å²) < 4.78 is 62.3. The molecule has 0 radical (unpaired) electrons. The highest BCUT2D eigenvalue weighted by Gasteiger charge is 2.36. The summed E-state index contributed by atoms with van der Waals surface area (Å²) >= 11 is 0. The summed E-state index contributed by atoms with van der Waals surface area (Å²) in [6, 6.07) is 20.7. The molecule has 2 amide bonds. The van der Waals surface area contributed by atoms with Crippen LogP contribution in [0.5, 0.6) is 5.75 Å². The number of sulfonamides is 2. The van der Waals surface area contributed by atoms with Crippen LogP contribution >= 0.6 is 0 Å². The summed E-state index contributed by atoms with van der Waals surface area (Å²) in [7, 11) is -9.10. The molecule has 5 rings (SSSR count). The van der Waals surface area contributed by atoms with Gasteiger partial charge in [-0.3, -0.25) is 32.7 Å². The van der Waals surface area contributed by atoms with Crippen LogP contribution in [-0.2, 0) is 29.6 Å². The maximum atomic E-state index is 13.9. The van der Waals surface area contributed by atoms with Gasteiger partial charge in [0.15, 0.2) is 0 Å². The Morgan fingerprint density at radius 3 is 1.62 bits per heavy atom. The molecular formula is C34H31N3O11S2. The molecule has 1 heterocycles. The quantitative estimate of drug-likeness (QED) is 0.181. The number of aliphatic carboxylic acids is 2. The van der Waals surface area contributed by atoms with Crippen molar-refractivity contribution in [1.29, 1.82) is 0 Å². The van der Waals surface area contributed by atoms with Gasteiger partial charge in [0.2, 0.25) is 0 Å². The van der Waals surface area contributed by atoms with Gasteiger partial charge in [-0.15, -0.1) is 0 Å². The van der Waals surface area contributed by atoms with E-state index in [1.165, 1.54) is 60.7 Å². The van der Waals surface area contributed by atoms with Gasteiger partial charge in [0.25, 0.3) is 31.9 Å². The lowest BCUT2D eigenvalue weighted by Gasteiger charge is -2.28. The summed E-state index contributed by atoms with van der Waals surface area (Å²) in [6.45, 7) is 0.605. The molecule has 1 aliphatic rings. The summed E-state index contributed by atoms with van der Waals surface area (Å²) in [6.07, 6.45) is 0. The number of hydrogen-bond donors (Lipinski definition) is 2. The molecule has 0 saturated carbocycles. The van der Waals surface area contributed by atoms with Gasteiger partial charge in [-0.05, 0) is 62.4 Å². The Balaban J connectivity index is 1.60. The summed E-state index contributed by atoms with van der Waals surface area (Å²) in [4.78, 5) is 50.3. The first-order chi connectivity index (χ1) is 23.6. The van der Waals surface area contributed by atoms with Crippen molar-refractivity contribution < 1.29 is 51.0 Å². The van der Waals surface area contributed by atoms with Crippen LogP contribution in [0.4, 0.5) is 11.4 Å². The first-order valence-corrected chi connectivity index (χ1v) is 17.8. The molecule has 0 saturated heterocycles. The van der Waals surface area contributed by atoms with Gasteiger partial charge in [0.1, 0.15) is 25.4 Å². The maximum absolute atomic E-state index is 13.9. The van der Waals surface area contributed by atoms with Crippen LogP contribution in [-0.4, -0.2) is 81.9 Å². The van der Waals surface area contributed by atoms with Crippen LogP contribution in [0.1, 0.15) is 31.8 Å². The van der Waals surface area contributed by atoms with Crippen molar-refractivity contribution in [2.24, 2.45) is 0 Å². The second-order valence-electron chi connectivity index (χ2n) is 11.2. The van der Waals surface area contributed by atoms with Crippen LogP contribution in [0.3, 0.4) is 0 Å². The number of carboxylic acid groups (broad SMARTS) is 2. The lowest BCUT2D eigenvalue weighted by atomic mass is 10.1. The van der Waals surface area contributed by atoms with Crippen LogP contribution in [0.25, 0.3) is 0 Å². The number of aryl methyl sites for hydroxylation is 2. The average Bonchev–Trinajstić information content (AvgIpc) is 3.31. The minimum absolute atomic E-state index is 0.183. The van der Waals surface area contributed by atoms with E-state index in [1.54, 1.807) is 26.0 Å². The molecule has 0 bridgehead atoms. The number of benzene rings is 4. The normalized spacial score (nSPS) is 12.8. The molecule has 260 valence electrons. The standard InChI is InChI=1S/C34H31N3O11S2/c1-22-7-12-25(13-8-22)49(44,45)36(20-31(38)39)24-11-16-29(37(21-32(40)41)50(46,47)26-14-9-23(2)10-15-26)30(19-24)48-18-17-35-33(42)27-5-3-4-6-28(27)34(35)43/h3-16,19H,17-18,20-21H2,1-2H3,(H,38,39)(H,40,41). The van der Waals surface area contributed by atoms with E-state index in [0.717, 1.165) is 34.2 Å². The van der Waals surface area contributed by atoms with Gasteiger partial charge in [-0.25, -0.2) is 16.8 Å². The molecular weight excluding hydrogens is 691 g/mol. The molecule has 1 aliphatic heterocycles. The molecule has 4 aromatic carbocycles. The Morgan fingerprint density at radius 2 is 1.14 bits per heavy atom. The average molecular weight is 722 g/mol. The number of carbonyl (C=O) groups excluding carboxylic acids is 2. The van der Waals surface area contributed by atoms with E-state index in [2.05, 4.69) is 0 Å². The molecule has 2 N–H and O–H groups in total. The van der Waals surface area contributed by atoms with Gasteiger partial charge in [-0.1, -0.05) is 47.5 Å². The minimum Gasteiger partial charge on any atom is -0.489 e. The Bertz CT molecular complexity index is 2170. The lowest BCUT2D eigenvalue weighted by Crippen LogP contribution is -2.37. The van der Waals surface area contributed by atoms with Crippen molar-refractivity contribution in [3.05, 3.63) is 113 Å². The number of nitrogens with zero attached hydrogens (tertiary/aromatic N) is 3. The van der Waals surface area contributed by atoms with Crippen molar-refractivity contribution in [1.82, 2.24) is 4.90 Å². The highest BCUT2D eigenvalue weighted by Crippen LogP contribution is 2.38. The second-order valence-corrected chi connectivity index (χ2v) is 15.0. The molecule has 4 aromatic rings. The van der Waals surface area contributed by atoms with Crippen LogP contribution in [0.2, 0.25) is 0 Å². The summed E-state index contributed by atoms with van der Waals surface area (Å²) in [5, 5.41) is 19.5. The number of amides is 2. The third-order valence-corrected chi connectivity index (χ3v) is 11.3. The topological polar surface area (TPSA) is 196 Å². The third kappa shape index (κ3) is 7.16. The van der Waals surface area contributed by atoms with E-state index in [4.69, 9.17) is 4.74 Å². The minimum atomic E-state index is -4.58. The highest BCUT2D eigenvalue weighted by atomic mass is 32.2. The largest absolute Gasteiger partial charge is 0.489 e. The molecule has 0 spiro atoms. The Labute approximate surface area is 287 Å². The van der Waals surface area contributed by atoms with E-state index in [9.17, 15) is 46.2 Å². The number of imide groups is 1. The Kier molecular flexibility index (Phi) is 9.96. The zero-order chi connectivity index (χ0) is 36.4. The number of rotatable bonds is 14. The Morgan fingerprint density at radius 1 is 0.680 bits per heavy atom. The van der Waals surface area contributed by atoms with Gasteiger partial charge in [0, 0.05) is 6.07 Å². The monoisotopic (exact) mass is 721 g/mol. The fourth-order valence-corrected chi connectivity index (χ4v) is 8.03. The summed E-state index contributed by atoms with van der Waals surface area (Å²) in [5.74, 6) is -4.59. The zero-order valence-electron chi connectivity index (χ0n) is 26.7. The zero-order valence-corrected chi connectivity index (χ0v) is 28.3. The van der Waals surface area contributed by atoms with Crippen molar-refractivity contribution >= 4 is 55.2 Å². The predicted molar refractivity (Wildman–Crippen MR) is 180 cm³/mol. The highest BCUT2D eigenvalue weighted by molar-refractivity contribution is 7.93. The molecule has 0 unspecified atom stereocenters. The van der Waals surface area contributed by atoms with E-state index < -0.39 is 63.5 Å². The van der Waals surface area contributed by atoms with Crippen molar-refractivity contribution in [3.8, 4) is 5.75 Å². The SMILES string of the molecule is Cc1ccc(S(=O)(=O)N(CC(=O)O)c2ccc(N(CC(=O)O)S(=O)(=O)c3ccc(C)cc3)c(OCCN3C(=O)c4ccccc4C3=O)c2)cc1. The van der Waals surface area contributed by atoms with Crippen LogP contribution < -0.4 is 13.3 Å². The van der Waals surface area contributed by atoms with Gasteiger partial charge in [0.05, 0.1) is 38.8 Å². The second kappa shape index (κ2) is 14.0. The lowest BCUT2D eigenvalue weighted by molar-refractivity contribution is -0.136. The Hall–Kier alpha value is -5.74. The predicted octanol–water partition coefficient (Wildman–Crippen LogP) is 3.54. The van der Waals surface area contributed by atoms with Gasteiger partial charge in [-0.2, -0.15) is 0 Å². The molecule has 0 aromatic heterocycles. The van der Waals surface area contributed by atoms with Gasteiger partial charge >= 0.3 is 11.9 Å². The first kappa shape index (κ1) is 35.6. The van der Waals surface area contributed by atoms with E-state index in [1.807, 2.05) is 0 Å². The number of ether oxygens (including phenoxy) is 1. The fourth-order valence-electron chi connectivity index (χ4n) is 5.20. The van der Waals surface area contributed by atoms with E-state index in [-0.39, 0.29) is 44.6 Å². The molecule has 0 fully saturated rings. The number of anilines is 2. The molecule has 50 heavy (non-hydrogen) atoms. The van der Waals surface area contributed by atoms with Crippen molar-refractivity contribution in [3.63, 3.8) is 0 Å². The van der Waals surface area contributed by atoms with E-state index >= 15 is 0 Å². The smallest absolute Gasteiger partial charge is 0.324 e. The van der Waals surface area contributed by atoms with Gasteiger partial charge < -0.3 is 14.9 Å². The number of fused-ring (bicyclic) bond motifs is 1.